The van der Waals surface area contributed by atoms with Crippen LogP contribution in [0.5, 0.6) is 0 Å². The molecule has 4 aromatic rings. The van der Waals surface area contributed by atoms with Crippen LogP contribution in [0.4, 0.5) is 0 Å². The van der Waals surface area contributed by atoms with Crippen molar-refractivity contribution < 1.29 is 23.8 Å². The normalized spacial score (nSPS) is 16.9. The van der Waals surface area contributed by atoms with Gasteiger partial charge in [0, 0.05) is 30.1 Å². The fourth-order valence-electron chi connectivity index (χ4n) is 5.28. The molecule has 3 heterocycles. The largest absolute Gasteiger partial charge is 0.459 e. The van der Waals surface area contributed by atoms with E-state index in [2.05, 4.69) is 28.7 Å². The fourth-order valence-corrected chi connectivity index (χ4v) is 5.28. The van der Waals surface area contributed by atoms with Gasteiger partial charge in [-0.2, -0.15) is 0 Å². The van der Waals surface area contributed by atoms with E-state index in [4.69, 9.17) is 14.2 Å². The maximum Gasteiger partial charge on any atom is 0.338 e. The van der Waals surface area contributed by atoms with Crippen LogP contribution in [0.3, 0.4) is 0 Å². The molecule has 0 bridgehead atoms. The lowest BCUT2D eigenvalue weighted by atomic mass is 10.1. The van der Waals surface area contributed by atoms with Crippen LogP contribution >= 0.6 is 0 Å². The number of unbranched alkanes of at least 4 members (excludes halogenated alkanes) is 3. The standard InChI is InChI=1S/C38H39N3O7/c1-4-5-6-7-8-31-20-14-27(22-39-31)13-19-30-23-41(38(45)40-35(30)42)34-21-32(48-37(44)29-17-11-26(3)12-18-29)33(47-34)24-46-36(43)28-15-9-25(2)10-16-28/h9-12,14-18,20,22-23,32-34H,4-8,21,24H2,1-3H3,(H,40,42,45)/t32-,33+,34+/m0/s1. The molecule has 0 spiro atoms. The number of hydrogen-bond acceptors (Lipinski definition) is 8. The van der Waals surface area contributed by atoms with Gasteiger partial charge in [0.15, 0.2) is 0 Å². The Labute approximate surface area is 279 Å². The fraction of sp³-hybridized carbons (Fsp3) is 0.342. The van der Waals surface area contributed by atoms with Crippen LogP contribution in [0, 0.1) is 25.7 Å². The van der Waals surface area contributed by atoms with Crippen molar-refractivity contribution in [3.05, 3.63) is 133 Å². The Balaban J connectivity index is 1.33. The van der Waals surface area contributed by atoms with Gasteiger partial charge < -0.3 is 14.2 Å². The zero-order valence-electron chi connectivity index (χ0n) is 27.4. The molecule has 0 saturated carbocycles. The zero-order valence-corrected chi connectivity index (χ0v) is 27.4. The average molecular weight is 650 g/mol. The van der Waals surface area contributed by atoms with Crippen molar-refractivity contribution >= 4 is 11.9 Å². The van der Waals surface area contributed by atoms with Gasteiger partial charge in [0.1, 0.15) is 30.6 Å². The van der Waals surface area contributed by atoms with Gasteiger partial charge in [-0.3, -0.25) is 19.3 Å². The number of pyridine rings is 1. The molecule has 1 fully saturated rings. The molecule has 10 heteroatoms. The summed E-state index contributed by atoms with van der Waals surface area (Å²) in [5, 5.41) is 0. The van der Waals surface area contributed by atoms with Crippen molar-refractivity contribution in [1.82, 2.24) is 14.5 Å². The lowest BCUT2D eigenvalue weighted by Gasteiger charge is -2.19. The maximum absolute atomic E-state index is 13.1. The van der Waals surface area contributed by atoms with E-state index in [-0.39, 0.29) is 18.6 Å². The highest BCUT2D eigenvalue weighted by Gasteiger charge is 2.40. The first-order valence-corrected chi connectivity index (χ1v) is 16.2. The molecule has 0 amide bonds. The third-order valence-electron chi connectivity index (χ3n) is 8.12. The molecule has 0 aliphatic carbocycles. The summed E-state index contributed by atoms with van der Waals surface area (Å²) in [6.45, 7) is 5.76. The number of carbonyl (C=O) groups excluding carboxylic acids is 2. The second-order valence-corrected chi connectivity index (χ2v) is 11.9. The molecule has 1 aliphatic rings. The van der Waals surface area contributed by atoms with Crippen molar-refractivity contribution in [3.63, 3.8) is 0 Å². The second-order valence-electron chi connectivity index (χ2n) is 11.9. The number of nitrogens with one attached hydrogen (secondary N) is 1. The van der Waals surface area contributed by atoms with E-state index < -0.39 is 41.6 Å². The molecule has 0 radical (unpaired) electrons. The Bertz CT molecular complexity index is 1900. The summed E-state index contributed by atoms with van der Waals surface area (Å²) in [6.07, 6.45) is 5.87. The number of ether oxygens (including phenoxy) is 3. The van der Waals surface area contributed by atoms with Crippen molar-refractivity contribution in [3.8, 4) is 11.8 Å². The van der Waals surface area contributed by atoms with Crippen molar-refractivity contribution in [2.24, 2.45) is 0 Å². The highest BCUT2D eigenvalue weighted by Crippen LogP contribution is 2.31. The van der Waals surface area contributed by atoms with Gasteiger partial charge in [0.05, 0.1) is 11.1 Å². The van der Waals surface area contributed by atoms with Crippen molar-refractivity contribution in [2.75, 3.05) is 6.61 Å². The molecule has 1 aliphatic heterocycles. The summed E-state index contributed by atoms with van der Waals surface area (Å²) in [4.78, 5) is 58.2. The third kappa shape index (κ3) is 8.96. The van der Waals surface area contributed by atoms with Gasteiger partial charge in [0.25, 0.3) is 5.56 Å². The molecule has 0 unspecified atom stereocenters. The number of aromatic amines is 1. The summed E-state index contributed by atoms with van der Waals surface area (Å²) in [6, 6.07) is 17.6. The summed E-state index contributed by atoms with van der Waals surface area (Å²) in [5.41, 5.74) is 2.98. The quantitative estimate of drug-likeness (QED) is 0.129. The van der Waals surface area contributed by atoms with E-state index in [1.807, 2.05) is 26.0 Å². The van der Waals surface area contributed by atoms with Crippen LogP contribution in [0.2, 0.25) is 0 Å². The van der Waals surface area contributed by atoms with Gasteiger partial charge >= 0.3 is 17.6 Å². The smallest absolute Gasteiger partial charge is 0.338 e. The lowest BCUT2D eigenvalue weighted by Crippen LogP contribution is -2.34. The van der Waals surface area contributed by atoms with Crippen LogP contribution < -0.4 is 11.2 Å². The minimum absolute atomic E-state index is 0.0456. The van der Waals surface area contributed by atoms with Crippen molar-refractivity contribution in [1.29, 1.82) is 0 Å². The summed E-state index contributed by atoms with van der Waals surface area (Å²) >= 11 is 0. The number of rotatable bonds is 11. The Kier molecular flexibility index (Phi) is 11.4. The Hall–Kier alpha value is -5.27. The Morgan fingerprint density at radius 2 is 1.60 bits per heavy atom. The second kappa shape index (κ2) is 16.0. The van der Waals surface area contributed by atoms with Gasteiger partial charge in [-0.15, -0.1) is 0 Å². The molecule has 5 rings (SSSR count). The predicted octanol–water partition coefficient (Wildman–Crippen LogP) is 5.44. The summed E-state index contributed by atoms with van der Waals surface area (Å²) in [7, 11) is 0. The van der Waals surface area contributed by atoms with E-state index >= 15 is 0 Å². The first-order chi connectivity index (χ1) is 23.2. The number of benzene rings is 2. The molecule has 3 atom stereocenters. The third-order valence-corrected chi connectivity index (χ3v) is 8.12. The molecule has 10 nitrogen and oxygen atoms in total. The van der Waals surface area contributed by atoms with Crippen LogP contribution in [0.25, 0.3) is 0 Å². The number of H-pyrrole nitrogens is 1. The molecule has 48 heavy (non-hydrogen) atoms. The highest BCUT2D eigenvalue weighted by atomic mass is 16.6. The number of carbonyl (C=O) groups is 2. The number of hydrogen-bond donors (Lipinski definition) is 1. The number of nitrogens with zero attached hydrogens (tertiary/aromatic N) is 2. The Morgan fingerprint density at radius 1 is 0.917 bits per heavy atom. The first kappa shape index (κ1) is 34.1. The van der Waals surface area contributed by atoms with E-state index in [0.717, 1.165) is 36.1 Å². The minimum atomic E-state index is -0.942. The van der Waals surface area contributed by atoms with Crippen LogP contribution in [-0.2, 0) is 20.6 Å². The molecular formula is C38H39N3O7. The van der Waals surface area contributed by atoms with Crippen LogP contribution in [0.1, 0.15) is 93.9 Å². The SMILES string of the molecule is CCCCCCc1ccc(C#Cc2cn([C@H]3C[C@H](OC(=O)c4ccc(C)cc4)[C@@H](COC(=O)c4ccc(C)cc4)O3)c(=O)[nH]c2=O)cn1. The number of esters is 2. The van der Waals surface area contributed by atoms with E-state index in [1.54, 1.807) is 54.7 Å². The van der Waals surface area contributed by atoms with E-state index in [1.165, 1.54) is 23.6 Å². The van der Waals surface area contributed by atoms with Gasteiger partial charge in [-0.1, -0.05) is 73.4 Å². The minimum Gasteiger partial charge on any atom is -0.459 e. The molecule has 248 valence electrons. The molecule has 2 aromatic heterocycles. The van der Waals surface area contributed by atoms with E-state index in [9.17, 15) is 19.2 Å². The topological polar surface area (TPSA) is 130 Å². The maximum atomic E-state index is 13.1. The molecular weight excluding hydrogens is 610 g/mol. The Morgan fingerprint density at radius 3 is 2.25 bits per heavy atom. The highest BCUT2D eigenvalue weighted by molar-refractivity contribution is 5.90. The number of aromatic nitrogens is 3. The molecule has 1 saturated heterocycles. The van der Waals surface area contributed by atoms with Crippen LogP contribution in [-0.4, -0.2) is 45.3 Å². The molecule has 1 N–H and O–H groups in total. The monoisotopic (exact) mass is 649 g/mol. The van der Waals surface area contributed by atoms with Gasteiger partial charge in [-0.05, 0) is 63.1 Å². The number of aryl methyl sites for hydroxylation is 3. The molecule has 2 aromatic carbocycles. The van der Waals surface area contributed by atoms with Crippen molar-refractivity contribution in [2.45, 2.75) is 77.7 Å². The van der Waals surface area contributed by atoms with E-state index in [0.29, 0.717) is 16.7 Å². The zero-order chi connectivity index (χ0) is 34.0. The average Bonchev–Trinajstić information content (AvgIpc) is 3.48. The first-order valence-electron chi connectivity index (χ1n) is 16.2. The van der Waals surface area contributed by atoms with Gasteiger partial charge in [0.2, 0.25) is 0 Å². The predicted molar refractivity (Wildman–Crippen MR) is 180 cm³/mol. The van der Waals surface area contributed by atoms with Gasteiger partial charge in [-0.25, -0.2) is 14.4 Å². The van der Waals surface area contributed by atoms with Crippen LogP contribution in [0.15, 0.2) is 82.6 Å². The summed E-state index contributed by atoms with van der Waals surface area (Å²) in [5.74, 6) is 4.63. The lowest BCUT2D eigenvalue weighted by molar-refractivity contribution is -0.0582. The summed E-state index contributed by atoms with van der Waals surface area (Å²) < 4.78 is 18.7.